The minimum atomic E-state index is -3.60. The average molecular weight is 236 g/mol. The van der Waals surface area contributed by atoms with Gasteiger partial charge in [-0.05, 0) is 30.3 Å². The van der Waals surface area contributed by atoms with Crippen LogP contribution in [-0.4, -0.2) is 8.42 Å². The summed E-state index contributed by atoms with van der Waals surface area (Å²) in [5.74, 6) is -0.558. The third-order valence-corrected chi connectivity index (χ3v) is 3.93. The predicted octanol–water partition coefficient (Wildman–Crippen LogP) is 2.66. The monoisotopic (exact) mass is 236 g/mol. The Labute approximate surface area is 93.3 Å². The maximum Gasteiger partial charge on any atom is 0.206 e. The number of halogens is 1. The van der Waals surface area contributed by atoms with E-state index in [0.29, 0.717) is 0 Å². The minimum absolute atomic E-state index is 0.0290. The summed E-state index contributed by atoms with van der Waals surface area (Å²) in [6.07, 6.45) is 0. The second-order valence-electron chi connectivity index (χ2n) is 3.27. The Hall–Kier alpha value is -1.68. The van der Waals surface area contributed by atoms with E-state index in [1.807, 2.05) is 0 Å². The van der Waals surface area contributed by atoms with Crippen LogP contribution >= 0.6 is 0 Å². The van der Waals surface area contributed by atoms with Crippen LogP contribution in [0.1, 0.15) is 0 Å². The standard InChI is InChI=1S/C12H9FO2S/c13-10-5-4-8-12(9-10)16(14,15)11-6-2-1-3-7-11/h1-9H. The van der Waals surface area contributed by atoms with E-state index in [2.05, 4.69) is 0 Å². The molecule has 0 heterocycles. The first-order chi connectivity index (χ1) is 7.60. The molecule has 0 bridgehead atoms. The summed E-state index contributed by atoms with van der Waals surface area (Å²) in [5.41, 5.74) is 0. The molecular formula is C12H9FO2S. The SMILES string of the molecule is O=S(=O)(c1ccccc1)c1cccc(F)c1. The molecule has 0 aromatic heterocycles. The van der Waals surface area contributed by atoms with E-state index in [9.17, 15) is 12.8 Å². The molecule has 0 unspecified atom stereocenters. The molecule has 0 saturated heterocycles. The van der Waals surface area contributed by atoms with Gasteiger partial charge in [-0.15, -0.1) is 0 Å². The maximum atomic E-state index is 12.9. The average Bonchev–Trinajstić information content (AvgIpc) is 2.30. The first-order valence-electron chi connectivity index (χ1n) is 4.66. The molecule has 16 heavy (non-hydrogen) atoms. The lowest BCUT2D eigenvalue weighted by molar-refractivity contribution is 0.591. The molecule has 2 rings (SSSR count). The highest BCUT2D eigenvalue weighted by molar-refractivity contribution is 7.91. The molecule has 0 spiro atoms. The van der Waals surface area contributed by atoms with Crippen LogP contribution in [0.2, 0.25) is 0 Å². The first-order valence-corrected chi connectivity index (χ1v) is 6.15. The fraction of sp³-hybridized carbons (Fsp3) is 0. The van der Waals surface area contributed by atoms with Crippen molar-refractivity contribution in [1.82, 2.24) is 0 Å². The minimum Gasteiger partial charge on any atom is -0.219 e. The van der Waals surface area contributed by atoms with E-state index in [-0.39, 0.29) is 9.79 Å². The van der Waals surface area contributed by atoms with Gasteiger partial charge in [0.25, 0.3) is 0 Å². The Morgan fingerprint density at radius 2 is 1.44 bits per heavy atom. The van der Waals surface area contributed by atoms with Crippen molar-refractivity contribution in [2.24, 2.45) is 0 Å². The van der Waals surface area contributed by atoms with Crippen molar-refractivity contribution < 1.29 is 12.8 Å². The van der Waals surface area contributed by atoms with Crippen molar-refractivity contribution >= 4 is 9.84 Å². The van der Waals surface area contributed by atoms with Crippen LogP contribution in [0.4, 0.5) is 4.39 Å². The van der Waals surface area contributed by atoms with Crippen LogP contribution in [0, 0.1) is 5.82 Å². The molecule has 2 nitrogen and oxygen atoms in total. The summed E-state index contributed by atoms with van der Waals surface area (Å²) in [6, 6.07) is 13.0. The van der Waals surface area contributed by atoms with E-state index in [1.54, 1.807) is 18.2 Å². The van der Waals surface area contributed by atoms with Crippen LogP contribution in [0.25, 0.3) is 0 Å². The topological polar surface area (TPSA) is 34.1 Å². The van der Waals surface area contributed by atoms with Crippen molar-refractivity contribution in [2.45, 2.75) is 9.79 Å². The van der Waals surface area contributed by atoms with E-state index >= 15 is 0 Å². The van der Waals surface area contributed by atoms with Gasteiger partial charge in [0.1, 0.15) is 5.82 Å². The summed E-state index contributed by atoms with van der Waals surface area (Å²) < 4.78 is 37.0. The van der Waals surface area contributed by atoms with Gasteiger partial charge >= 0.3 is 0 Å². The lowest BCUT2D eigenvalue weighted by atomic mass is 10.3. The molecule has 0 radical (unpaired) electrons. The summed E-state index contributed by atoms with van der Waals surface area (Å²) in [7, 11) is -3.60. The van der Waals surface area contributed by atoms with Crippen LogP contribution in [0.5, 0.6) is 0 Å². The van der Waals surface area contributed by atoms with E-state index in [0.717, 1.165) is 6.07 Å². The summed E-state index contributed by atoms with van der Waals surface area (Å²) >= 11 is 0. The number of benzene rings is 2. The van der Waals surface area contributed by atoms with Crippen molar-refractivity contribution in [2.75, 3.05) is 0 Å². The number of hydrogen-bond acceptors (Lipinski definition) is 2. The summed E-state index contributed by atoms with van der Waals surface area (Å²) in [5, 5.41) is 0. The smallest absolute Gasteiger partial charge is 0.206 e. The number of hydrogen-bond donors (Lipinski definition) is 0. The molecule has 0 N–H and O–H groups in total. The van der Waals surface area contributed by atoms with Gasteiger partial charge in [0, 0.05) is 0 Å². The largest absolute Gasteiger partial charge is 0.219 e. The Balaban J connectivity index is 2.56. The van der Waals surface area contributed by atoms with Gasteiger partial charge in [0.05, 0.1) is 9.79 Å². The second kappa shape index (κ2) is 4.06. The van der Waals surface area contributed by atoms with Gasteiger partial charge in [0.2, 0.25) is 9.84 Å². The molecule has 4 heteroatoms. The molecule has 0 aliphatic heterocycles. The molecule has 2 aromatic rings. The molecule has 0 aliphatic rings. The first kappa shape index (κ1) is 10.8. The zero-order chi connectivity index (χ0) is 11.6. The number of sulfone groups is 1. The molecule has 82 valence electrons. The highest BCUT2D eigenvalue weighted by atomic mass is 32.2. The summed E-state index contributed by atoms with van der Waals surface area (Å²) in [4.78, 5) is 0.138. The van der Waals surface area contributed by atoms with E-state index in [4.69, 9.17) is 0 Å². The van der Waals surface area contributed by atoms with Gasteiger partial charge in [-0.1, -0.05) is 24.3 Å². The zero-order valence-corrected chi connectivity index (χ0v) is 9.12. The molecule has 0 atom stereocenters. The lowest BCUT2D eigenvalue weighted by Gasteiger charge is -2.03. The highest BCUT2D eigenvalue weighted by Gasteiger charge is 2.17. The van der Waals surface area contributed by atoms with Gasteiger partial charge in [-0.25, -0.2) is 12.8 Å². The third kappa shape index (κ3) is 1.97. The van der Waals surface area contributed by atoms with Crippen LogP contribution in [0.3, 0.4) is 0 Å². The Morgan fingerprint density at radius 3 is 2.06 bits per heavy atom. The zero-order valence-electron chi connectivity index (χ0n) is 8.30. The Morgan fingerprint density at radius 1 is 0.812 bits per heavy atom. The number of rotatable bonds is 2. The van der Waals surface area contributed by atoms with Gasteiger partial charge in [-0.2, -0.15) is 0 Å². The van der Waals surface area contributed by atoms with Crippen molar-refractivity contribution in [3.05, 3.63) is 60.4 Å². The summed E-state index contributed by atoms with van der Waals surface area (Å²) in [6.45, 7) is 0. The molecule has 2 aromatic carbocycles. The van der Waals surface area contributed by atoms with Crippen LogP contribution in [-0.2, 0) is 9.84 Å². The van der Waals surface area contributed by atoms with Crippen LogP contribution in [0.15, 0.2) is 64.4 Å². The molecule has 0 fully saturated rings. The molecule has 0 amide bonds. The fourth-order valence-electron chi connectivity index (χ4n) is 1.37. The fourth-order valence-corrected chi connectivity index (χ4v) is 2.68. The van der Waals surface area contributed by atoms with E-state index < -0.39 is 15.7 Å². The second-order valence-corrected chi connectivity index (χ2v) is 5.22. The van der Waals surface area contributed by atoms with Gasteiger partial charge in [-0.3, -0.25) is 0 Å². The Kier molecular flexibility index (Phi) is 2.75. The predicted molar refractivity (Wildman–Crippen MR) is 58.3 cm³/mol. The quantitative estimate of drug-likeness (QED) is 0.803. The third-order valence-electron chi connectivity index (χ3n) is 2.16. The van der Waals surface area contributed by atoms with Crippen LogP contribution < -0.4 is 0 Å². The van der Waals surface area contributed by atoms with Crippen molar-refractivity contribution in [3.63, 3.8) is 0 Å². The maximum absolute atomic E-state index is 12.9. The van der Waals surface area contributed by atoms with Gasteiger partial charge in [0.15, 0.2) is 0 Å². The van der Waals surface area contributed by atoms with Crippen molar-refractivity contribution in [3.8, 4) is 0 Å². The lowest BCUT2D eigenvalue weighted by Crippen LogP contribution is -2.01. The van der Waals surface area contributed by atoms with Gasteiger partial charge < -0.3 is 0 Å². The molecular weight excluding hydrogens is 227 g/mol. The molecule has 0 aliphatic carbocycles. The van der Waals surface area contributed by atoms with Crippen molar-refractivity contribution in [1.29, 1.82) is 0 Å². The normalized spacial score (nSPS) is 11.3. The highest BCUT2D eigenvalue weighted by Crippen LogP contribution is 2.20. The molecule has 0 saturated carbocycles. The van der Waals surface area contributed by atoms with E-state index in [1.165, 1.54) is 30.3 Å². The Bertz CT molecular complexity index is 591.